The number of carbonyl (C=O) groups excluding carboxylic acids is 1. The van der Waals surface area contributed by atoms with Crippen molar-refractivity contribution >= 4 is 34.7 Å². The van der Waals surface area contributed by atoms with E-state index in [0.29, 0.717) is 5.75 Å². The fourth-order valence-corrected chi connectivity index (χ4v) is 3.70. The standard InChI is InChI=1S/C17H19N3OS/c1-19(2)14-7-9-15(10-8-14)20-16(21)11-22-17(20)12-3-5-13(18)6-4-12/h3-10,17H,11,18H2,1-2H3. The first-order chi connectivity index (χ1) is 10.6. The quantitative estimate of drug-likeness (QED) is 0.885. The molecule has 1 unspecified atom stereocenters. The average molecular weight is 313 g/mol. The lowest BCUT2D eigenvalue weighted by molar-refractivity contribution is -0.115. The molecular weight excluding hydrogens is 294 g/mol. The van der Waals surface area contributed by atoms with E-state index in [1.807, 2.05) is 72.4 Å². The van der Waals surface area contributed by atoms with Gasteiger partial charge in [-0.3, -0.25) is 9.69 Å². The van der Waals surface area contributed by atoms with Gasteiger partial charge in [0.2, 0.25) is 5.91 Å². The number of benzene rings is 2. The van der Waals surface area contributed by atoms with E-state index in [1.165, 1.54) is 0 Å². The fourth-order valence-electron chi connectivity index (χ4n) is 2.52. The van der Waals surface area contributed by atoms with Crippen LogP contribution in [0.1, 0.15) is 10.9 Å². The molecule has 3 rings (SSSR count). The first kappa shape index (κ1) is 14.8. The summed E-state index contributed by atoms with van der Waals surface area (Å²) in [5.74, 6) is 0.647. The van der Waals surface area contributed by atoms with Crippen LogP contribution in [-0.4, -0.2) is 25.8 Å². The van der Waals surface area contributed by atoms with Crippen LogP contribution in [0, 0.1) is 0 Å². The smallest absolute Gasteiger partial charge is 0.238 e. The zero-order valence-corrected chi connectivity index (χ0v) is 13.5. The number of hydrogen-bond donors (Lipinski definition) is 1. The number of carbonyl (C=O) groups is 1. The molecule has 0 radical (unpaired) electrons. The highest BCUT2D eigenvalue weighted by Crippen LogP contribution is 2.42. The summed E-state index contributed by atoms with van der Waals surface area (Å²) in [5.41, 5.74) is 9.64. The maximum atomic E-state index is 12.3. The van der Waals surface area contributed by atoms with Gasteiger partial charge in [-0.05, 0) is 42.0 Å². The molecule has 2 N–H and O–H groups in total. The number of thioether (sulfide) groups is 1. The van der Waals surface area contributed by atoms with Crippen molar-refractivity contribution in [2.45, 2.75) is 5.37 Å². The van der Waals surface area contributed by atoms with Crippen molar-refractivity contribution in [3.63, 3.8) is 0 Å². The normalized spacial score (nSPS) is 17.8. The summed E-state index contributed by atoms with van der Waals surface area (Å²) in [6.07, 6.45) is 0. The van der Waals surface area contributed by atoms with Crippen LogP contribution in [0.2, 0.25) is 0 Å². The Balaban J connectivity index is 1.92. The average Bonchev–Trinajstić information content (AvgIpc) is 2.90. The molecule has 2 aromatic rings. The molecule has 1 saturated heterocycles. The van der Waals surface area contributed by atoms with Crippen LogP contribution in [-0.2, 0) is 4.79 Å². The molecule has 5 heteroatoms. The van der Waals surface area contributed by atoms with Gasteiger partial charge in [-0.2, -0.15) is 0 Å². The molecule has 0 spiro atoms. The van der Waals surface area contributed by atoms with Crippen LogP contribution in [0.4, 0.5) is 17.1 Å². The molecule has 2 aromatic carbocycles. The Morgan fingerprint density at radius 2 is 1.73 bits per heavy atom. The van der Waals surface area contributed by atoms with E-state index in [1.54, 1.807) is 11.8 Å². The Kier molecular flexibility index (Phi) is 3.98. The lowest BCUT2D eigenvalue weighted by Crippen LogP contribution is -2.27. The van der Waals surface area contributed by atoms with Crippen LogP contribution in [0.25, 0.3) is 0 Å². The molecule has 1 amide bonds. The minimum atomic E-state index is 0.0123. The number of rotatable bonds is 3. The highest BCUT2D eigenvalue weighted by molar-refractivity contribution is 8.00. The summed E-state index contributed by atoms with van der Waals surface area (Å²) in [7, 11) is 4.01. The highest BCUT2D eigenvalue weighted by Gasteiger charge is 2.33. The van der Waals surface area contributed by atoms with Crippen molar-refractivity contribution in [1.82, 2.24) is 0 Å². The van der Waals surface area contributed by atoms with Crippen molar-refractivity contribution in [3.8, 4) is 0 Å². The van der Waals surface area contributed by atoms with E-state index in [-0.39, 0.29) is 11.3 Å². The predicted molar refractivity (Wildman–Crippen MR) is 94.3 cm³/mol. The monoisotopic (exact) mass is 313 g/mol. The number of amides is 1. The summed E-state index contributed by atoms with van der Waals surface area (Å²) in [5, 5.41) is 0.0123. The molecule has 1 atom stereocenters. The van der Waals surface area contributed by atoms with Gasteiger partial charge in [-0.1, -0.05) is 12.1 Å². The lowest BCUT2D eigenvalue weighted by atomic mass is 10.1. The van der Waals surface area contributed by atoms with E-state index >= 15 is 0 Å². The molecular formula is C17H19N3OS. The van der Waals surface area contributed by atoms with Crippen LogP contribution < -0.4 is 15.5 Å². The zero-order chi connectivity index (χ0) is 15.7. The Labute approximate surface area is 134 Å². The SMILES string of the molecule is CN(C)c1ccc(N2C(=O)CSC2c2ccc(N)cc2)cc1. The topological polar surface area (TPSA) is 49.6 Å². The number of nitrogens with zero attached hydrogens (tertiary/aromatic N) is 2. The first-order valence-corrected chi connectivity index (χ1v) is 8.17. The van der Waals surface area contributed by atoms with Gasteiger partial charge in [-0.15, -0.1) is 11.8 Å². The van der Waals surface area contributed by atoms with Gasteiger partial charge in [0.15, 0.2) is 0 Å². The minimum Gasteiger partial charge on any atom is -0.399 e. The second-order valence-electron chi connectivity index (χ2n) is 5.50. The maximum Gasteiger partial charge on any atom is 0.238 e. The molecule has 0 aromatic heterocycles. The maximum absolute atomic E-state index is 12.3. The third kappa shape index (κ3) is 2.76. The van der Waals surface area contributed by atoms with Gasteiger partial charge in [0.05, 0.1) is 5.75 Å². The van der Waals surface area contributed by atoms with E-state index in [9.17, 15) is 4.79 Å². The second-order valence-corrected chi connectivity index (χ2v) is 6.57. The first-order valence-electron chi connectivity index (χ1n) is 7.13. The second kappa shape index (κ2) is 5.93. The largest absolute Gasteiger partial charge is 0.399 e. The molecule has 1 aliphatic heterocycles. The molecule has 0 bridgehead atoms. The Bertz CT molecular complexity index is 667. The molecule has 0 saturated carbocycles. The minimum absolute atomic E-state index is 0.0123. The fraction of sp³-hybridized carbons (Fsp3) is 0.235. The molecule has 114 valence electrons. The van der Waals surface area contributed by atoms with E-state index < -0.39 is 0 Å². The Hall–Kier alpha value is -2.14. The summed E-state index contributed by atoms with van der Waals surface area (Å²) in [4.78, 5) is 16.2. The third-order valence-corrected chi connectivity index (χ3v) is 4.95. The molecule has 4 nitrogen and oxygen atoms in total. The highest BCUT2D eigenvalue weighted by atomic mass is 32.2. The van der Waals surface area contributed by atoms with Crippen LogP contribution in [0.15, 0.2) is 48.5 Å². The van der Waals surface area contributed by atoms with Crippen molar-refractivity contribution in [1.29, 1.82) is 0 Å². The van der Waals surface area contributed by atoms with Crippen molar-refractivity contribution in [3.05, 3.63) is 54.1 Å². The Morgan fingerprint density at radius 1 is 1.09 bits per heavy atom. The number of nitrogen functional groups attached to an aromatic ring is 1. The number of anilines is 3. The van der Waals surface area contributed by atoms with Crippen molar-refractivity contribution < 1.29 is 4.79 Å². The van der Waals surface area contributed by atoms with Gasteiger partial charge in [0, 0.05) is 31.2 Å². The van der Waals surface area contributed by atoms with Crippen molar-refractivity contribution in [2.75, 3.05) is 35.4 Å². The molecule has 1 heterocycles. The summed E-state index contributed by atoms with van der Waals surface area (Å²) < 4.78 is 0. The summed E-state index contributed by atoms with van der Waals surface area (Å²) in [6.45, 7) is 0. The number of nitrogens with two attached hydrogens (primary N) is 1. The van der Waals surface area contributed by atoms with Crippen LogP contribution >= 0.6 is 11.8 Å². The Morgan fingerprint density at radius 3 is 2.32 bits per heavy atom. The lowest BCUT2D eigenvalue weighted by Gasteiger charge is -2.25. The summed E-state index contributed by atoms with van der Waals surface area (Å²) >= 11 is 1.65. The van der Waals surface area contributed by atoms with E-state index in [4.69, 9.17) is 5.73 Å². The zero-order valence-electron chi connectivity index (χ0n) is 12.7. The summed E-state index contributed by atoms with van der Waals surface area (Å²) in [6, 6.07) is 15.8. The van der Waals surface area contributed by atoms with Gasteiger partial charge >= 0.3 is 0 Å². The molecule has 0 aliphatic carbocycles. The number of hydrogen-bond acceptors (Lipinski definition) is 4. The van der Waals surface area contributed by atoms with Gasteiger partial charge in [0.25, 0.3) is 0 Å². The molecule has 1 aliphatic rings. The van der Waals surface area contributed by atoms with Gasteiger partial charge in [0.1, 0.15) is 5.37 Å². The van der Waals surface area contributed by atoms with E-state index in [0.717, 1.165) is 22.6 Å². The predicted octanol–water partition coefficient (Wildman–Crippen LogP) is 3.11. The van der Waals surface area contributed by atoms with Crippen molar-refractivity contribution in [2.24, 2.45) is 0 Å². The van der Waals surface area contributed by atoms with Gasteiger partial charge in [-0.25, -0.2) is 0 Å². The van der Waals surface area contributed by atoms with Crippen LogP contribution in [0.5, 0.6) is 0 Å². The third-order valence-electron chi connectivity index (χ3n) is 3.73. The molecule has 22 heavy (non-hydrogen) atoms. The van der Waals surface area contributed by atoms with E-state index in [2.05, 4.69) is 0 Å². The van der Waals surface area contributed by atoms with Gasteiger partial charge < -0.3 is 10.6 Å². The van der Waals surface area contributed by atoms with Crippen LogP contribution in [0.3, 0.4) is 0 Å². The molecule has 1 fully saturated rings.